The Hall–Kier alpha value is -0.810. The Morgan fingerprint density at radius 3 is 2.39 bits per heavy atom. The number of hydrogen-bond acceptors (Lipinski definition) is 4. The average Bonchev–Trinajstić information content (AvgIpc) is 2.34. The highest BCUT2D eigenvalue weighted by Gasteiger charge is 2.21. The van der Waals surface area contributed by atoms with Crippen LogP contribution >= 0.6 is 12.4 Å². The highest BCUT2D eigenvalue weighted by molar-refractivity contribution is 5.85. The molecule has 18 heavy (non-hydrogen) atoms. The van der Waals surface area contributed by atoms with Gasteiger partial charge >= 0.3 is 11.9 Å². The van der Waals surface area contributed by atoms with Gasteiger partial charge in [-0.3, -0.25) is 9.59 Å². The highest BCUT2D eigenvalue weighted by atomic mass is 35.5. The molecule has 5 nitrogen and oxygen atoms in total. The van der Waals surface area contributed by atoms with Crippen LogP contribution in [0, 0.1) is 5.92 Å². The molecule has 6 heteroatoms. The Bertz CT molecular complexity index is 265. The summed E-state index contributed by atoms with van der Waals surface area (Å²) in [6.07, 6.45) is 5.51. The van der Waals surface area contributed by atoms with E-state index in [1.54, 1.807) is 0 Å². The van der Waals surface area contributed by atoms with Gasteiger partial charge in [-0.25, -0.2) is 0 Å². The van der Waals surface area contributed by atoms with E-state index in [4.69, 9.17) is 5.11 Å². The summed E-state index contributed by atoms with van der Waals surface area (Å²) in [6, 6.07) is 0.320. The van der Waals surface area contributed by atoms with Gasteiger partial charge in [0.25, 0.3) is 0 Å². The molecule has 0 bridgehead atoms. The minimum atomic E-state index is -0.808. The Labute approximate surface area is 114 Å². The molecule has 1 aliphatic rings. The maximum Gasteiger partial charge on any atom is 0.317 e. The molecule has 0 aromatic heterocycles. The Morgan fingerprint density at radius 1 is 1.28 bits per heavy atom. The van der Waals surface area contributed by atoms with Crippen molar-refractivity contribution in [2.24, 2.45) is 5.92 Å². The van der Waals surface area contributed by atoms with E-state index in [1.165, 1.54) is 7.11 Å². The van der Waals surface area contributed by atoms with Crippen molar-refractivity contribution in [3.8, 4) is 0 Å². The number of carboxylic acids is 1. The summed E-state index contributed by atoms with van der Waals surface area (Å²) in [4.78, 5) is 21.4. The quantitative estimate of drug-likeness (QED) is 0.722. The van der Waals surface area contributed by atoms with Crippen molar-refractivity contribution in [3.63, 3.8) is 0 Å². The van der Waals surface area contributed by atoms with E-state index in [2.05, 4.69) is 10.1 Å². The number of hydrogen-bond donors (Lipinski definition) is 2. The molecule has 0 amide bonds. The molecule has 0 aromatic carbocycles. The van der Waals surface area contributed by atoms with E-state index in [1.807, 2.05) is 0 Å². The van der Waals surface area contributed by atoms with Gasteiger partial charge in [-0.2, -0.15) is 0 Å². The van der Waals surface area contributed by atoms with Crippen LogP contribution < -0.4 is 5.32 Å². The summed E-state index contributed by atoms with van der Waals surface area (Å²) in [7, 11) is 1.41. The number of carbonyl (C=O) groups excluding carboxylic acids is 1. The molecule has 0 atom stereocenters. The molecule has 0 radical (unpaired) electrons. The molecule has 0 unspecified atom stereocenters. The van der Waals surface area contributed by atoms with Gasteiger partial charge in [0.2, 0.25) is 0 Å². The highest BCUT2D eigenvalue weighted by Crippen LogP contribution is 2.27. The van der Waals surface area contributed by atoms with Gasteiger partial charge in [0.1, 0.15) is 0 Å². The third-order valence-electron chi connectivity index (χ3n) is 3.37. The first kappa shape index (κ1) is 17.2. The second-order valence-corrected chi connectivity index (χ2v) is 4.61. The summed E-state index contributed by atoms with van der Waals surface area (Å²) in [5.41, 5.74) is 0. The molecule has 0 heterocycles. The van der Waals surface area contributed by atoms with Crippen LogP contribution in [0.4, 0.5) is 0 Å². The van der Waals surface area contributed by atoms with Crippen LogP contribution in [0.2, 0.25) is 0 Å². The van der Waals surface area contributed by atoms with Crippen LogP contribution in [0.3, 0.4) is 0 Å². The Morgan fingerprint density at radius 2 is 1.89 bits per heavy atom. The predicted molar refractivity (Wildman–Crippen MR) is 69.9 cm³/mol. The molecule has 2 N–H and O–H groups in total. The van der Waals surface area contributed by atoms with Gasteiger partial charge in [-0.1, -0.05) is 0 Å². The monoisotopic (exact) mass is 279 g/mol. The number of rotatable bonds is 6. The molecule has 1 rings (SSSR count). The number of carboxylic acid groups (broad SMARTS) is 1. The second kappa shape index (κ2) is 9.16. The zero-order valence-electron chi connectivity index (χ0n) is 10.7. The first-order valence-corrected chi connectivity index (χ1v) is 6.13. The number of carbonyl (C=O) groups is 2. The molecule has 0 aromatic rings. The Balaban J connectivity index is 0.00000289. The van der Waals surface area contributed by atoms with Crippen molar-refractivity contribution in [1.82, 2.24) is 5.32 Å². The minimum absolute atomic E-state index is 0. The lowest BCUT2D eigenvalue weighted by atomic mass is 9.83. The van der Waals surface area contributed by atoms with Gasteiger partial charge in [-0.15, -0.1) is 12.4 Å². The molecule has 0 spiro atoms. The smallest absolute Gasteiger partial charge is 0.317 e. The molecule has 0 aliphatic heterocycles. The van der Waals surface area contributed by atoms with Crippen LogP contribution in [0.1, 0.15) is 38.5 Å². The van der Waals surface area contributed by atoms with Gasteiger partial charge in [0.05, 0.1) is 13.7 Å². The summed E-state index contributed by atoms with van der Waals surface area (Å²) < 4.78 is 4.61. The maximum atomic E-state index is 11.0. The van der Waals surface area contributed by atoms with E-state index in [0.29, 0.717) is 18.4 Å². The molecule has 1 fully saturated rings. The molecule has 1 aliphatic carbocycles. The van der Waals surface area contributed by atoms with E-state index in [-0.39, 0.29) is 24.9 Å². The fourth-order valence-electron chi connectivity index (χ4n) is 2.31. The standard InChI is InChI=1S/C12H21NO4.ClH/c1-17-12(16)7-4-9-2-5-10(6-3-9)13-8-11(14)15;/h9-10,13H,2-8H2,1H3,(H,14,15);1H/t9-,10-;. The molecule has 106 valence electrons. The van der Waals surface area contributed by atoms with E-state index in [9.17, 15) is 9.59 Å². The van der Waals surface area contributed by atoms with Crippen molar-refractivity contribution in [2.45, 2.75) is 44.6 Å². The lowest BCUT2D eigenvalue weighted by Gasteiger charge is -2.28. The summed E-state index contributed by atoms with van der Waals surface area (Å²) in [5.74, 6) is -0.370. The second-order valence-electron chi connectivity index (χ2n) is 4.61. The SMILES string of the molecule is COC(=O)CC[C@H]1CC[C@H](NCC(=O)O)CC1.Cl. The average molecular weight is 280 g/mol. The number of nitrogens with one attached hydrogen (secondary N) is 1. The number of esters is 1. The van der Waals surface area contributed by atoms with E-state index >= 15 is 0 Å². The predicted octanol–water partition coefficient (Wildman–Crippen LogP) is 1.59. The lowest BCUT2D eigenvalue weighted by molar-refractivity contribution is -0.141. The van der Waals surface area contributed by atoms with Crippen LogP contribution in [0.5, 0.6) is 0 Å². The third-order valence-corrected chi connectivity index (χ3v) is 3.37. The largest absolute Gasteiger partial charge is 0.480 e. The van der Waals surface area contributed by atoms with Crippen molar-refractivity contribution < 1.29 is 19.4 Å². The summed E-state index contributed by atoms with van der Waals surface area (Å²) >= 11 is 0. The van der Waals surface area contributed by atoms with Crippen LogP contribution in [-0.4, -0.2) is 36.7 Å². The van der Waals surface area contributed by atoms with E-state index < -0.39 is 5.97 Å². The zero-order valence-corrected chi connectivity index (χ0v) is 11.5. The van der Waals surface area contributed by atoms with Crippen molar-refractivity contribution >= 4 is 24.3 Å². The topological polar surface area (TPSA) is 75.6 Å². The molecule has 1 saturated carbocycles. The number of methoxy groups -OCH3 is 1. The van der Waals surface area contributed by atoms with E-state index in [0.717, 1.165) is 32.1 Å². The zero-order chi connectivity index (χ0) is 12.7. The van der Waals surface area contributed by atoms with Crippen molar-refractivity contribution in [2.75, 3.05) is 13.7 Å². The number of ether oxygens (including phenoxy) is 1. The van der Waals surface area contributed by atoms with Crippen molar-refractivity contribution in [3.05, 3.63) is 0 Å². The summed E-state index contributed by atoms with van der Waals surface area (Å²) in [5, 5.41) is 11.6. The maximum absolute atomic E-state index is 11.0. The first-order valence-electron chi connectivity index (χ1n) is 6.13. The van der Waals surface area contributed by atoms with Crippen LogP contribution in [0.15, 0.2) is 0 Å². The van der Waals surface area contributed by atoms with Gasteiger partial charge in [-0.05, 0) is 38.0 Å². The summed E-state index contributed by atoms with van der Waals surface area (Å²) in [6.45, 7) is 0.0392. The fraction of sp³-hybridized carbons (Fsp3) is 0.833. The fourth-order valence-corrected chi connectivity index (χ4v) is 2.31. The van der Waals surface area contributed by atoms with Gasteiger partial charge in [0, 0.05) is 12.5 Å². The molecular formula is C12H22ClNO4. The molecule has 0 saturated heterocycles. The van der Waals surface area contributed by atoms with Crippen LogP contribution in [0.25, 0.3) is 0 Å². The lowest BCUT2D eigenvalue weighted by Crippen LogP contribution is -2.36. The van der Waals surface area contributed by atoms with Crippen molar-refractivity contribution in [1.29, 1.82) is 0 Å². The number of halogens is 1. The molecular weight excluding hydrogens is 258 g/mol. The third kappa shape index (κ3) is 6.81. The van der Waals surface area contributed by atoms with Crippen LogP contribution in [-0.2, 0) is 14.3 Å². The van der Waals surface area contributed by atoms with Gasteiger partial charge < -0.3 is 15.2 Å². The van der Waals surface area contributed by atoms with Gasteiger partial charge in [0.15, 0.2) is 0 Å². The minimum Gasteiger partial charge on any atom is -0.480 e. The first-order chi connectivity index (χ1) is 8.11. The number of aliphatic carboxylic acids is 1. The normalized spacial score (nSPS) is 22.9. The Kier molecular flexibility index (Phi) is 8.75.